The number of alkyl halides is 2. The second-order valence-corrected chi connectivity index (χ2v) is 6.12. The van der Waals surface area contributed by atoms with Crippen LogP contribution >= 0.6 is 15.9 Å². The summed E-state index contributed by atoms with van der Waals surface area (Å²) in [5.41, 5.74) is 0. The van der Waals surface area contributed by atoms with Gasteiger partial charge in [0.2, 0.25) is 5.95 Å². The third kappa shape index (κ3) is 6.44. The van der Waals surface area contributed by atoms with Crippen LogP contribution in [0, 0.1) is 5.92 Å². The molecule has 1 saturated carbocycles. The van der Waals surface area contributed by atoms with Crippen LogP contribution in [0.5, 0.6) is 0 Å². The van der Waals surface area contributed by atoms with Crippen LogP contribution in [0.1, 0.15) is 25.7 Å². The second-order valence-electron chi connectivity index (χ2n) is 5.27. The first-order valence-corrected chi connectivity index (χ1v) is 8.22. The number of halogens is 3. The molecule has 0 unspecified atom stereocenters. The van der Waals surface area contributed by atoms with Gasteiger partial charge in [0.15, 0.2) is 5.82 Å². The highest BCUT2D eigenvalue weighted by molar-refractivity contribution is 9.10. The van der Waals surface area contributed by atoms with Gasteiger partial charge in [-0.1, -0.05) is 0 Å². The molecule has 1 heterocycles. The van der Waals surface area contributed by atoms with Gasteiger partial charge < -0.3 is 15.2 Å². The van der Waals surface area contributed by atoms with Crippen molar-refractivity contribution in [3.63, 3.8) is 0 Å². The third-order valence-corrected chi connectivity index (χ3v) is 4.06. The fourth-order valence-corrected chi connectivity index (χ4v) is 2.56. The molecule has 0 spiro atoms. The average molecular weight is 393 g/mol. The van der Waals surface area contributed by atoms with E-state index in [2.05, 4.69) is 40.9 Å². The standard InChI is InChI=1S/C14H19BrF2N4O2/c15-11-8-20-14(18-5-6-23-13(16)17)21-12(11)19-7-9-1-3-10(22)4-2-9/h7-10,13,22H,1-6H2,(H,18,20,21). The molecule has 0 radical (unpaired) electrons. The van der Waals surface area contributed by atoms with Gasteiger partial charge in [0.05, 0.1) is 17.2 Å². The molecule has 1 fully saturated rings. The molecule has 128 valence electrons. The van der Waals surface area contributed by atoms with E-state index in [1.54, 1.807) is 6.20 Å². The molecule has 0 amide bonds. The van der Waals surface area contributed by atoms with Crippen molar-refractivity contribution in [2.45, 2.75) is 38.4 Å². The minimum atomic E-state index is -2.78. The lowest BCUT2D eigenvalue weighted by Gasteiger charge is -2.22. The Kier molecular flexibility index (Phi) is 7.25. The molecule has 6 nitrogen and oxygen atoms in total. The monoisotopic (exact) mass is 392 g/mol. The lowest BCUT2D eigenvalue weighted by molar-refractivity contribution is -0.125. The second kappa shape index (κ2) is 9.19. The molecule has 2 rings (SSSR count). The number of nitrogens with one attached hydrogen (secondary N) is 1. The number of aliphatic imine (C=N–C) groups is 1. The van der Waals surface area contributed by atoms with E-state index in [9.17, 15) is 13.9 Å². The van der Waals surface area contributed by atoms with Crippen molar-refractivity contribution < 1.29 is 18.6 Å². The molecule has 0 aliphatic heterocycles. The van der Waals surface area contributed by atoms with E-state index in [1.165, 1.54) is 0 Å². The molecular weight excluding hydrogens is 374 g/mol. The molecule has 1 aliphatic carbocycles. The van der Waals surface area contributed by atoms with Crippen LogP contribution in [0.3, 0.4) is 0 Å². The largest absolute Gasteiger partial charge is 0.393 e. The predicted octanol–water partition coefficient (Wildman–Crippen LogP) is 3.14. The third-order valence-electron chi connectivity index (χ3n) is 3.50. The highest BCUT2D eigenvalue weighted by atomic mass is 79.9. The minimum Gasteiger partial charge on any atom is -0.393 e. The topological polar surface area (TPSA) is 79.6 Å². The summed E-state index contributed by atoms with van der Waals surface area (Å²) < 4.78 is 28.5. The summed E-state index contributed by atoms with van der Waals surface area (Å²) in [5.74, 6) is 1.11. The molecule has 23 heavy (non-hydrogen) atoms. The SMILES string of the molecule is OC1CCC(C=Nc2nc(NCCOC(F)F)ncc2Br)CC1. The number of ether oxygens (including phenoxy) is 1. The smallest absolute Gasteiger partial charge is 0.345 e. The van der Waals surface area contributed by atoms with E-state index in [0.717, 1.165) is 25.7 Å². The summed E-state index contributed by atoms with van der Waals surface area (Å²) in [6.45, 7) is -2.74. The van der Waals surface area contributed by atoms with Crippen LogP contribution in [-0.2, 0) is 4.74 Å². The minimum absolute atomic E-state index is 0.139. The average Bonchev–Trinajstić information content (AvgIpc) is 2.53. The van der Waals surface area contributed by atoms with Crippen LogP contribution in [0.15, 0.2) is 15.7 Å². The fourth-order valence-electron chi connectivity index (χ4n) is 2.27. The molecule has 0 atom stereocenters. The Morgan fingerprint density at radius 2 is 2.17 bits per heavy atom. The molecule has 0 bridgehead atoms. The number of hydrogen-bond donors (Lipinski definition) is 2. The van der Waals surface area contributed by atoms with Gasteiger partial charge in [-0.3, -0.25) is 0 Å². The maximum atomic E-state index is 11.9. The molecular formula is C14H19BrF2N4O2. The predicted molar refractivity (Wildman–Crippen MR) is 86.3 cm³/mol. The van der Waals surface area contributed by atoms with Gasteiger partial charge in [-0.2, -0.15) is 13.8 Å². The van der Waals surface area contributed by atoms with Gasteiger partial charge in [-0.05, 0) is 47.5 Å². The van der Waals surface area contributed by atoms with E-state index >= 15 is 0 Å². The lowest BCUT2D eigenvalue weighted by Crippen LogP contribution is -2.18. The Labute approximate surface area is 141 Å². The zero-order valence-electron chi connectivity index (χ0n) is 12.5. The van der Waals surface area contributed by atoms with Gasteiger partial charge in [-0.15, -0.1) is 0 Å². The van der Waals surface area contributed by atoms with Gasteiger partial charge in [-0.25, -0.2) is 9.98 Å². The summed E-state index contributed by atoms with van der Waals surface area (Å²) in [7, 11) is 0. The van der Waals surface area contributed by atoms with Crippen molar-refractivity contribution in [2.75, 3.05) is 18.5 Å². The molecule has 9 heteroatoms. The molecule has 2 N–H and O–H groups in total. The number of rotatable bonds is 7. The Morgan fingerprint density at radius 3 is 2.87 bits per heavy atom. The highest BCUT2D eigenvalue weighted by Gasteiger charge is 2.17. The number of aromatic nitrogens is 2. The summed E-state index contributed by atoms with van der Waals surface area (Å²) in [6, 6.07) is 0. The lowest BCUT2D eigenvalue weighted by atomic mass is 9.88. The van der Waals surface area contributed by atoms with Gasteiger partial charge in [0, 0.05) is 19.0 Å². The van der Waals surface area contributed by atoms with Crippen LogP contribution < -0.4 is 5.32 Å². The molecule has 1 aromatic rings. The quantitative estimate of drug-likeness (QED) is 0.550. The maximum Gasteiger partial charge on any atom is 0.345 e. The highest BCUT2D eigenvalue weighted by Crippen LogP contribution is 2.26. The van der Waals surface area contributed by atoms with Crippen molar-refractivity contribution in [1.82, 2.24) is 9.97 Å². The van der Waals surface area contributed by atoms with Crippen molar-refractivity contribution in [2.24, 2.45) is 10.9 Å². The first kappa shape index (κ1) is 18.2. The number of hydrogen-bond acceptors (Lipinski definition) is 6. The van der Waals surface area contributed by atoms with Crippen LogP contribution in [-0.4, -0.2) is 47.2 Å². The van der Waals surface area contributed by atoms with E-state index in [4.69, 9.17) is 0 Å². The number of aliphatic hydroxyl groups is 1. The van der Waals surface area contributed by atoms with Gasteiger partial charge in [0.1, 0.15) is 0 Å². The summed E-state index contributed by atoms with van der Waals surface area (Å²) in [5, 5.41) is 12.3. The van der Waals surface area contributed by atoms with Crippen molar-refractivity contribution >= 4 is 33.9 Å². The molecule has 0 saturated heterocycles. The number of nitrogens with zero attached hydrogens (tertiary/aromatic N) is 3. The molecule has 1 aromatic heterocycles. The Bertz CT molecular complexity index is 525. The maximum absolute atomic E-state index is 11.9. The Balaban J connectivity index is 1.89. The zero-order chi connectivity index (χ0) is 16.7. The van der Waals surface area contributed by atoms with E-state index in [1.807, 2.05) is 6.21 Å². The van der Waals surface area contributed by atoms with Crippen molar-refractivity contribution in [3.05, 3.63) is 10.7 Å². The normalized spacial score (nSPS) is 22.0. The van der Waals surface area contributed by atoms with E-state index in [0.29, 0.717) is 22.2 Å². The van der Waals surface area contributed by atoms with Crippen molar-refractivity contribution in [1.29, 1.82) is 0 Å². The van der Waals surface area contributed by atoms with Gasteiger partial charge >= 0.3 is 6.61 Å². The van der Waals surface area contributed by atoms with E-state index in [-0.39, 0.29) is 19.3 Å². The van der Waals surface area contributed by atoms with E-state index < -0.39 is 6.61 Å². The molecule has 1 aliphatic rings. The summed E-state index contributed by atoms with van der Waals surface area (Å²) in [4.78, 5) is 12.6. The van der Waals surface area contributed by atoms with Crippen LogP contribution in [0.4, 0.5) is 20.5 Å². The number of anilines is 1. The fraction of sp³-hybridized carbons (Fsp3) is 0.643. The summed E-state index contributed by atoms with van der Waals surface area (Å²) >= 11 is 3.34. The zero-order valence-corrected chi connectivity index (χ0v) is 14.0. The Morgan fingerprint density at radius 1 is 1.43 bits per heavy atom. The van der Waals surface area contributed by atoms with Gasteiger partial charge in [0.25, 0.3) is 0 Å². The summed E-state index contributed by atoms with van der Waals surface area (Å²) in [6.07, 6.45) is 6.60. The van der Waals surface area contributed by atoms with Crippen LogP contribution in [0.2, 0.25) is 0 Å². The molecule has 0 aromatic carbocycles. The number of aliphatic hydroxyl groups excluding tert-OH is 1. The van der Waals surface area contributed by atoms with Crippen LogP contribution in [0.25, 0.3) is 0 Å². The first-order chi connectivity index (χ1) is 11.0. The first-order valence-electron chi connectivity index (χ1n) is 7.43. The van der Waals surface area contributed by atoms with Crippen molar-refractivity contribution in [3.8, 4) is 0 Å². The Hall–Kier alpha value is -1.19.